The number of carboxylic acid groups (broad SMARTS) is 1. The maximum Gasteiger partial charge on any atom is 0.303 e. The van der Waals surface area contributed by atoms with Gasteiger partial charge in [0.1, 0.15) is 5.75 Å². The summed E-state index contributed by atoms with van der Waals surface area (Å²) >= 11 is 0. The Balaban J connectivity index is 1.54. The first-order valence-electron chi connectivity index (χ1n) is 28.2. The Hall–Kier alpha value is -4.39. The van der Waals surface area contributed by atoms with Crippen LogP contribution in [0.25, 0.3) is 0 Å². The zero-order chi connectivity index (χ0) is 54.0. The zero-order valence-corrected chi connectivity index (χ0v) is 45.2. The topological polar surface area (TPSA) is 223 Å². The number of aromatic hydroxyl groups is 1. The van der Waals surface area contributed by atoms with Crippen LogP contribution in [0.15, 0.2) is 90.0 Å². The van der Waals surface area contributed by atoms with Gasteiger partial charge in [-0.3, -0.25) is 4.79 Å². The smallest absolute Gasteiger partial charge is 0.303 e. The number of fused-ring (bicyclic) bond motifs is 7. The molecule has 5 aliphatic rings. The molecule has 3 aromatic rings. The first kappa shape index (κ1) is 58.3. The minimum absolute atomic E-state index is 0.0144. The Labute approximate surface area is 446 Å². The van der Waals surface area contributed by atoms with Gasteiger partial charge in [0.15, 0.2) is 0 Å². The molecule has 0 amide bonds. The molecule has 14 atom stereocenters. The molecule has 0 radical (unpaired) electrons. The molecule has 6 bridgehead atoms. The SMILES string of the molecule is CCCCC(O)C(O)C=CC1=C(CC(O)CO)C2CCC(O)C3NC(C)CCC(C(O)Cc4ccc(cc4)CC(C(C)(O)C4c5ccc(O)cc5CCC4CC(C)C)(CC#Cc4ccccc4CC1)N2)C3CC(=O)O. The van der Waals surface area contributed by atoms with Crippen molar-refractivity contribution in [3.63, 3.8) is 0 Å². The molecule has 8 rings (SSSR count). The van der Waals surface area contributed by atoms with Crippen LogP contribution in [0.1, 0.15) is 157 Å². The van der Waals surface area contributed by atoms with E-state index in [1.54, 1.807) is 12.1 Å². The van der Waals surface area contributed by atoms with Crippen LogP contribution < -0.4 is 10.6 Å². The number of aliphatic hydroxyl groups excluding tert-OH is 6. The summed E-state index contributed by atoms with van der Waals surface area (Å²) in [5.41, 5.74) is 4.01. The van der Waals surface area contributed by atoms with Gasteiger partial charge in [-0.2, -0.15) is 0 Å². The molecule has 11 N–H and O–H groups in total. The van der Waals surface area contributed by atoms with E-state index in [0.29, 0.717) is 43.6 Å². The van der Waals surface area contributed by atoms with E-state index in [2.05, 4.69) is 36.3 Å². The quantitative estimate of drug-likeness (QED) is 0.0664. The Bertz CT molecular complexity index is 2480. The molecule has 12 nitrogen and oxygen atoms in total. The van der Waals surface area contributed by atoms with E-state index in [9.17, 15) is 50.8 Å². The number of unbranched alkanes of at least 4 members (excludes halogenated alkanes) is 1. The van der Waals surface area contributed by atoms with Gasteiger partial charge in [0.05, 0.1) is 54.7 Å². The molecular weight excluding hydrogens is 945 g/mol. The van der Waals surface area contributed by atoms with Gasteiger partial charge < -0.3 is 56.6 Å². The van der Waals surface area contributed by atoms with E-state index in [0.717, 1.165) is 71.1 Å². The Morgan fingerprint density at radius 3 is 2.39 bits per heavy atom. The van der Waals surface area contributed by atoms with Crippen molar-refractivity contribution in [2.45, 2.75) is 209 Å². The normalized spacial score (nSPS) is 29.9. The number of hydrogen-bond acceptors (Lipinski definition) is 11. The molecule has 4 aliphatic heterocycles. The highest BCUT2D eigenvalue weighted by Gasteiger charge is 2.56. The predicted molar refractivity (Wildman–Crippen MR) is 294 cm³/mol. The highest BCUT2D eigenvalue weighted by atomic mass is 16.4. The molecule has 0 spiro atoms. The number of carboxylic acids is 1. The van der Waals surface area contributed by atoms with Gasteiger partial charge in [-0.05, 0) is 178 Å². The third kappa shape index (κ3) is 14.4. The highest BCUT2D eigenvalue weighted by Crippen LogP contribution is 2.52. The maximum absolute atomic E-state index is 14.5. The second-order valence-corrected chi connectivity index (χ2v) is 23.5. The summed E-state index contributed by atoms with van der Waals surface area (Å²) in [4.78, 5) is 12.8. The third-order valence-electron chi connectivity index (χ3n) is 17.5. The van der Waals surface area contributed by atoms with Crippen LogP contribution in [0.3, 0.4) is 0 Å². The number of phenolic OH excluding ortho intramolecular Hbond substituents is 1. The standard InChI is InChI=1S/C63H88N2O10/c1-6-7-14-55(69)56(70)29-24-45-21-20-44-12-9-8-11-43(44)13-10-31-63(62(5,75)60-47(32-39(2)3)23-22-46-34-48(67)25-27-50(46)60)37-42-18-16-41(17-19-42)33-58(72)51-26-15-40(4)64-61(53(51)36-59(73)74)57(71)30-28-54(65-63)52(45)35-49(68)38-66/h8-9,11-12,16-19,24-25,27,29,34,39-40,47,49,51,53-58,60-61,64-72,75H,6-7,14-15,20-23,26,28,30-33,35-38H2,1-5H3,(H,73,74). The van der Waals surface area contributed by atoms with Crippen LogP contribution in [0.4, 0.5) is 0 Å². The van der Waals surface area contributed by atoms with E-state index in [1.807, 2.05) is 87.5 Å². The van der Waals surface area contributed by atoms with E-state index in [1.165, 1.54) is 0 Å². The van der Waals surface area contributed by atoms with E-state index < -0.39 is 84.1 Å². The lowest BCUT2D eigenvalue weighted by molar-refractivity contribution is -0.139. The Morgan fingerprint density at radius 1 is 0.920 bits per heavy atom. The number of allylic oxidation sites excluding steroid dienone is 2. The number of hydrogen-bond donors (Lipinski definition) is 11. The molecule has 1 fully saturated rings. The Morgan fingerprint density at radius 2 is 1.67 bits per heavy atom. The lowest BCUT2D eigenvalue weighted by Gasteiger charge is -2.55. The van der Waals surface area contributed by atoms with Crippen LogP contribution in [0.2, 0.25) is 0 Å². The van der Waals surface area contributed by atoms with Crippen molar-refractivity contribution in [2.24, 2.45) is 23.7 Å². The molecule has 1 aliphatic carbocycles. The van der Waals surface area contributed by atoms with Crippen molar-refractivity contribution in [3.8, 4) is 17.6 Å². The number of phenols is 1. The lowest BCUT2D eigenvalue weighted by Crippen LogP contribution is -2.68. The van der Waals surface area contributed by atoms with Crippen molar-refractivity contribution in [3.05, 3.63) is 123 Å². The second-order valence-electron chi connectivity index (χ2n) is 23.5. The maximum atomic E-state index is 14.5. The number of aliphatic carboxylic acids is 1. The fourth-order valence-electron chi connectivity index (χ4n) is 13.5. The molecule has 3 aromatic carbocycles. The average molecular weight is 1030 g/mol. The van der Waals surface area contributed by atoms with Crippen LogP contribution in [-0.2, 0) is 30.5 Å². The van der Waals surface area contributed by atoms with Crippen molar-refractivity contribution < 1.29 is 50.8 Å². The summed E-state index contributed by atoms with van der Waals surface area (Å²) in [6, 6.07) is 20.0. The summed E-state index contributed by atoms with van der Waals surface area (Å²) in [6.07, 6.45) is 5.26. The summed E-state index contributed by atoms with van der Waals surface area (Å²) in [5, 5.41) is 114. The van der Waals surface area contributed by atoms with Gasteiger partial charge in [0.25, 0.3) is 0 Å². The molecule has 12 heteroatoms. The van der Waals surface area contributed by atoms with Gasteiger partial charge in [-0.15, -0.1) is 0 Å². The monoisotopic (exact) mass is 1030 g/mol. The lowest BCUT2D eigenvalue weighted by atomic mass is 9.58. The molecule has 410 valence electrons. The van der Waals surface area contributed by atoms with E-state index >= 15 is 0 Å². The van der Waals surface area contributed by atoms with Gasteiger partial charge in [0, 0.05) is 36.0 Å². The molecule has 1 saturated heterocycles. The van der Waals surface area contributed by atoms with Gasteiger partial charge in [-0.1, -0.05) is 106 Å². The van der Waals surface area contributed by atoms with Crippen LogP contribution in [0, 0.1) is 35.5 Å². The van der Waals surface area contributed by atoms with Gasteiger partial charge in [0.2, 0.25) is 0 Å². The van der Waals surface area contributed by atoms with Crippen LogP contribution in [0.5, 0.6) is 5.75 Å². The van der Waals surface area contributed by atoms with Crippen LogP contribution >= 0.6 is 0 Å². The minimum atomic E-state index is -1.62. The van der Waals surface area contributed by atoms with E-state index in [4.69, 9.17) is 0 Å². The second kappa shape index (κ2) is 26.3. The highest BCUT2D eigenvalue weighted by molar-refractivity contribution is 5.67. The molecule has 0 aromatic heterocycles. The average Bonchev–Trinajstić information content (AvgIpc) is 3.53. The molecule has 4 heterocycles. The van der Waals surface area contributed by atoms with Crippen LogP contribution in [-0.4, -0.2) is 118 Å². The molecular formula is C63H88N2O10. The molecule has 0 saturated carbocycles. The van der Waals surface area contributed by atoms with Crippen molar-refractivity contribution in [1.82, 2.24) is 10.6 Å². The Kier molecular flexibility index (Phi) is 20.4. The fourth-order valence-corrected chi connectivity index (χ4v) is 13.5. The third-order valence-corrected chi connectivity index (χ3v) is 17.5. The number of aryl methyl sites for hydroxylation is 2. The first-order chi connectivity index (χ1) is 35.8. The van der Waals surface area contributed by atoms with Gasteiger partial charge in [-0.25, -0.2) is 0 Å². The predicted octanol–water partition coefficient (Wildman–Crippen LogP) is 7.58. The molecule has 75 heavy (non-hydrogen) atoms. The summed E-state index contributed by atoms with van der Waals surface area (Å²) < 4.78 is 0. The number of aliphatic hydroxyl groups is 7. The zero-order valence-electron chi connectivity index (χ0n) is 45.2. The van der Waals surface area contributed by atoms with Crippen molar-refractivity contribution >= 4 is 5.97 Å². The number of nitrogens with one attached hydrogen (secondary N) is 2. The number of rotatable bonds is 15. The largest absolute Gasteiger partial charge is 0.508 e. The van der Waals surface area contributed by atoms with Crippen molar-refractivity contribution in [1.29, 1.82) is 0 Å². The number of benzene rings is 3. The molecule has 14 unspecified atom stereocenters. The summed E-state index contributed by atoms with van der Waals surface area (Å²) in [7, 11) is 0. The first-order valence-corrected chi connectivity index (χ1v) is 28.2. The fraction of sp³-hybridized carbons (Fsp3) is 0.603. The summed E-state index contributed by atoms with van der Waals surface area (Å²) in [5.74, 6) is 5.09. The van der Waals surface area contributed by atoms with Crippen molar-refractivity contribution in [2.75, 3.05) is 6.61 Å². The summed E-state index contributed by atoms with van der Waals surface area (Å²) in [6.45, 7) is 9.82. The minimum Gasteiger partial charge on any atom is -0.508 e. The van der Waals surface area contributed by atoms with Gasteiger partial charge >= 0.3 is 5.97 Å². The van der Waals surface area contributed by atoms with E-state index in [-0.39, 0.29) is 62.7 Å². The number of carbonyl (C=O) groups is 1.